The highest BCUT2D eigenvalue weighted by atomic mass is 35.5. The molecule has 22 heavy (non-hydrogen) atoms. The highest BCUT2D eigenvalue weighted by molar-refractivity contribution is 6.63. The van der Waals surface area contributed by atoms with Crippen LogP contribution in [0.2, 0.25) is 5.02 Å². The normalized spacial score (nSPS) is 19.5. The minimum Gasteiger partial charge on any atom is -0.432 e. The number of hydrogen-bond donors (Lipinski definition) is 0. The Balaban J connectivity index is 2.47. The van der Waals surface area contributed by atoms with Gasteiger partial charge >= 0.3 is 13.7 Å². The van der Waals surface area contributed by atoms with E-state index in [2.05, 4.69) is 4.74 Å². The Kier molecular flexibility index (Phi) is 4.52. The van der Waals surface area contributed by atoms with Crippen LogP contribution in [0.5, 0.6) is 5.75 Å². The Morgan fingerprint density at radius 1 is 1.23 bits per heavy atom. The van der Waals surface area contributed by atoms with Crippen LogP contribution in [0.4, 0.5) is 8.78 Å². The molecule has 0 amide bonds. The molecule has 1 aromatic rings. The number of benzene rings is 1. The maximum absolute atomic E-state index is 12.5. The van der Waals surface area contributed by atoms with Gasteiger partial charge in [-0.25, -0.2) is 0 Å². The van der Waals surface area contributed by atoms with Crippen molar-refractivity contribution >= 4 is 30.5 Å². The van der Waals surface area contributed by atoms with E-state index in [1.807, 2.05) is 27.7 Å². The molecule has 1 aliphatic rings. The van der Waals surface area contributed by atoms with Crippen molar-refractivity contribution in [2.24, 2.45) is 0 Å². The van der Waals surface area contributed by atoms with Crippen molar-refractivity contribution in [2.75, 3.05) is 0 Å². The van der Waals surface area contributed by atoms with E-state index in [-0.39, 0.29) is 16.3 Å². The molecule has 1 aromatic carbocycles. The topological polar surface area (TPSA) is 44.8 Å². The summed E-state index contributed by atoms with van der Waals surface area (Å²) < 4.78 is 41.0. The van der Waals surface area contributed by atoms with E-state index in [0.29, 0.717) is 11.7 Å². The highest BCUT2D eigenvalue weighted by Gasteiger charge is 2.52. The number of halogens is 3. The number of ether oxygens (including phenoxy) is 1. The minimum atomic E-state index is -3.09. The molecule has 1 saturated heterocycles. The average Bonchev–Trinajstić information content (AvgIpc) is 2.60. The smallest absolute Gasteiger partial charge is 0.432 e. The fraction of sp³-hybridized carbons (Fsp3) is 0.500. The summed E-state index contributed by atoms with van der Waals surface area (Å²) >= 11 is 5.84. The lowest BCUT2D eigenvalue weighted by Gasteiger charge is -2.32. The van der Waals surface area contributed by atoms with E-state index in [1.54, 1.807) is 0 Å². The van der Waals surface area contributed by atoms with E-state index in [9.17, 15) is 13.6 Å². The van der Waals surface area contributed by atoms with Gasteiger partial charge < -0.3 is 14.0 Å². The van der Waals surface area contributed by atoms with Crippen LogP contribution < -0.4 is 10.2 Å². The van der Waals surface area contributed by atoms with Crippen molar-refractivity contribution in [1.82, 2.24) is 0 Å². The van der Waals surface area contributed by atoms with Crippen molar-refractivity contribution in [2.45, 2.75) is 45.5 Å². The van der Waals surface area contributed by atoms with E-state index < -0.39 is 24.9 Å². The largest absolute Gasteiger partial charge is 0.495 e. The van der Waals surface area contributed by atoms with Gasteiger partial charge in [0.15, 0.2) is 12.0 Å². The van der Waals surface area contributed by atoms with Gasteiger partial charge in [-0.05, 0) is 39.2 Å². The summed E-state index contributed by atoms with van der Waals surface area (Å²) in [6.07, 6.45) is 0.407. The molecule has 0 atom stereocenters. The van der Waals surface area contributed by atoms with Crippen LogP contribution in [-0.2, 0) is 9.31 Å². The molecule has 8 heteroatoms. The van der Waals surface area contributed by atoms with E-state index in [1.165, 1.54) is 12.1 Å². The second-order valence-corrected chi connectivity index (χ2v) is 6.37. The molecule has 0 N–H and O–H groups in total. The summed E-state index contributed by atoms with van der Waals surface area (Å²) in [6, 6.07) is 2.87. The first-order chi connectivity index (χ1) is 10.1. The van der Waals surface area contributed by atoms with Gasteiger partial charge in [0.05, 0.1) is 21.8 Å². The van der Waals surface area contributed by atoms with Gasteiger partial charge in [-0.1, -0.05) is 17.7 Å². The number of carbonyl (C=O) groups is 1. The van der Waals surface area contributed by atoms with Crippen molar-refractivity contribution in [3.05, 3.63) is 22.7 Å². The second-order valence-electron chi connectivity index (χ2n) is 5.96. The Morgan fingerprint density at radius 2 is 1.77 bits per heavy atom. The summed E-state index contributed by atoms with van der Waals surface area (Å²) in [5.74, 6) is -0.376. The Labute approximate surface area is 132 Å². The van der Waals surface area contributed by atoms with E-state index in [4.69, 9.17) is 20.9 Å². The summed E-state index contributed by atoms with van der Waals surface area (Å²) in [7, 11) is -0.873. The third-order valence-electron chi connectivity index (χ3n) is 4.01. The zero-order chi connectivity index (χ0) is 16.7. The fourth-order valence-electron chi connectivity index (χ4n) is 2.09. The third-order valence-corrected chi connectivity index (χ3v) is 4.31. The molecule has 0 saturated carbocycles. The second kappa shape index (κ2) is 5.79. The van der Waals surface area contributed by atoms with Crippen molar-refractivity contribution in [3.63, 3.8) is 0 Å². The molecule has 0 unspecified atom stereocenters. The van der Waals surface area contributed by atoms with E-state index >= 15 is 0 Å². The molecule has 0 radical (unpaired) electrons. The van der Waals surface area contributed by atoms with Gasteiger partial charge in [0.1, 0.15) is 0 Å². The summed E-state index contributed by atoms with van der Waals surface area (Å²) in [5.41, 5.74) is -1.05. The van der Waals surface area contributed by atoms with Crippen LogP contribution >= 0.6 is 11.6 Å². The Morgan fingerprint density at radius 3 is 2.23 bits per heavy atom. The summed E-state index contributed by atoms with van der Waals surface area (Å²) in [4.78, 5) is 11.4. The van der Waals surface area contributed by atoms with Crippen molar-refractivity contribution < 1.29 is 27.6 Å². The van der Waals surface area contributed by atoms with Gasteiger partial charge in [-0.15, -0.1) is 0 Å². The van der Waals surface area contributed by atoms with Gasteiger partial charge in [0, 0.05) is 0 Å². The van der Waals surface area contributed by atoms with Gasteiger partial charge in [-0.3, -0.25) is 4.79 Å². The molecule has 120 valence electrons. The van der Waals surface area contributed by atoms with Gasteiger partial charge in [-0.2, -0.15) is 8.78 Å². The van der Waals surface area contributed by atoms with Gasteiger partial charge in [0.2, 0.25) is 0 Å². The quantitative estimate of drug-likeness (QED) is 0.628. The molecular formula is C14H16BClF2O4. The molecule has 0 aliphatic carbocycles. The molecular weight excluding hydrogens is 316 g/mol. The highest BCUT2D eigenvalue weighted by Crippen LogP contribution is 2.38. The zero-order valence-corrected chi connectivity index (χ0v) is 13.4. The first kappa shape index (κ1) is 17.2. The summed E-state index contributed by atoms with van der Waals surface area (Å²) in [6.45, 7) is 4.30. The molecule has 1 aliphatic heterocycles. The maximum atomic E-state index is 12.5. The standard InChI is InChI=1S/C14H16BClF2O4/c1-13(2)14(3,4)22-15(21-13)9-5-6-10(16)11(8(9)7-19)20-12(17)18/h5-7,12H,1-4H3. The van der Waals surface area contributed by atoms with Crippen LogP contribution in [0.25, 0.3) is 0 Å². The van der Waals surface area contributed by atoms with Crippen molar-refractivity contribution in [3.8, 4) is 5.75 Å². The van der Waals surface area contributed by atoms with Crippen LogP contribution in [0.15, 0.2) is 12.1 Å². The Hall–Kier alpha value is -1.18. The predicted molar refractivity (Wildman–Crippen MR) is 79.2 cm³/mol. The van der Waals surface area contributed by atoms with Crippen LogP contribution in [0.3, 0.4) is 0 Å². The van der Waals surface area contributed by atoms with Crippen LogP contribution in [-0.4, -0.2) is 31.2 Å². The molecule has 4 nitrogen and oxygen atoms in total. The lowest BCUT2D eigenvalue weighted by atomic mass is 9.76. The van der Waals surface area contributed by atoms with Crippen molar-refractivity contribution in [1.29, 1.82) is 0 Å². The van der Waals surface area contributed by atoms with E-state index in [0.717, 1.165) is 0 Å². The molecule has 0 spiro atoms. The first-order valence-corrected chi connectivity index (χ1v) is 7.05. The first-order valence-electron chi connectivity index (χ1n) is 6.67. The monoisotopic (exact) mass is 332 g/mol. The number of hydrogen-bond acceptors (Lipinski definition) is 4. The number of carbonyl (C=O) groups excluding carboxylic acids is 1. The average molecular weight is 333 g/mol. The number of alkyl halides is 2. The lowest BCUT2D eigenvalue weighted by molar-refractivity contribution is -0.0499. The molecule has 0 bridgehead atoms. The molecule has 2 rings (SSSR count). The maximum Gasteiger partial charge on any atom is 0.495 e. The summed E-state index contributed by atoms with van der Waals surface area (Å²) in [5, 5.41) is -0.0809. The molecule has 1 fully saturated rings. The number of rotatable bonds is 4. The predicted octanol–water partition coefficient (Wildman–Crippen LogP) is 3.05. The fourth-order valence-corrected chi connectivity index (χ4v) is 2.30. The third kappa shape index (κ3) is 2.98. The zero-order valence-electron chi connectivity index (χ0n) is 12.7. The SMILES string of the molecule is CC1(C)OB(c2ccc(Cl)c(OC(F)F)c2C=O)OC1(C)C. The molecule has 0 aromatic heterocycles. The number of aldehydes is 1. The Bertz CT molecular complexity index is 576. The minimum absolute atomic E-state index is 0.0809. The van der Waals surface area contributed by atoms with Gasteiger partial charge in [0.25, 0.3) is 0 Å². The van der Waals surface area contributed by atoms with Crippen LogP contribution in [0.1, 0.15) is 38.1 Å². The lowest BCUT2D eigenvalue weighted by Crippen LogP contribution is -2.41. The molecule has 1 heterocycles. The van der Waals surface area contributed by atoms with Crippen LogP contribution in [0, 0.1) is 0 Å².